The molecule has 0 atom stereocenters. The number of hydrogen-bond acceptors (Lipinski definition) is 4. The summed E-state index contributed by atoms with van der Waals surface area (Å²) in [4.78, 5) is 9.10. The van der Waals surface area contributed by atoms with E-state index in [1.807, 2.05) is 6.92 Å². The van der Waals surface area contributed by atoms with Crippen molar-refractivity contribution in [2.75, 3.05) is 17.6 Å². The van der Waals surface area contributed by atoms with Gasteiger partial charge in [0.05, 0.1) is 0 Å². The molecular weight excluding hydrogens is 236 g/mol. The highest BCUT2D eigenvalue weighted by Crippen LogP contribution is 2.51. The number of nitrogen functional groups attached to an aromatic ring is 1. The highest BCUT2D eigenvalue weighted by atomic mass is 15.1. The van der Waals surface area contributed by atoms with Crippen LogP contribution in [-0.2, 0) is 0 Å². The van der Waals surface area contributed by atoms with Gasteiger partial charge in [0.25, 0.3) is 0 Å². The summed E-state index contributed by atoms with van der Waals surface area (Å²) in [5.74, 6) is 3.78. The first-order valence-corrected chi connectivity index (χ1v) is 7.40. The van der Waals surface area contributed by atoms with Gasteiger partial charge in [-0.1, -0.05) is 13.8 Å². The molecule has 0 saturated heterocycles. The van der Waals surface area contributed by atoms with Crippen LogP contribution in [0.3, 0.4) is 0 Å². The van der Waals surface area contributed by atoms with Crippen molar-refractivity contribution in [1.29, 1.82) is 0 Å². The molecule has 2 aliphatic carbocycles. The maximum atomic E-state index is 6.01. The van der Waals surface area contributed by atoms with Gasteiger partial charge >= 0.3 is 0 Å². The van der Waals surface area contributed by atoms with Gasteiger partial charge < -0.3 is 11.1 Å². The number of anilines is 2. The van der Waals surface area contributed by atoms with Crippen LogP contribution in [0, 0.1) is 18.3 Å². The van der Waals surface area contributed by atoms with Crippen LogP contribution in [0.2, 0.25) is 0 Å². The van der Waals surface area contributed by atoms with Gasteiger partial charge in [-0.2, -0.15) is 0 Å². The second-order valence-corrected chi connectivity index (χ2v) is 6.59. The van der Waals surface area contributed by atoms with Crippen LogP contribution in [0.15, 0.2) is 0 Å². The fraction of sp³-hybridized carbons (Fsp3) is 0.733. The van der Waals surface area contributed by atoms with Crippen molar-refractivity contribution >= 4 is 11.6 Å². The Morgan fingerprint density at radius 3 is 2.53 bits per heavy atom. The topological polar surface area (TPSA) is 63.8 Å². The van der Waals surface area contributed by atoms with Gasteiger partial charge in [-0.3, -0.25) is 0 Å². The highest BCUT2D eigenvalue weighted by Gasteiger charge is 2.45. The number of hydrogen-bond donors (Lipinski definition) is 2. The standard InChI is InChI=1S/C15H24N4/c1-9(2)15(6-7-15)8-17-13-10(3)12(16)18-14(19-13)11-4-5-11/h9,11H,4-8H2,1-3H3,(H3,16,17,18,19). The van der Waals surface area contributed by atoms with Crippen molar-refractivity contribution in [3.63, 3.8) is 0 Å². The normalized spacial score (nSPS) is 20.6. The maximum absolute atomic E-state index is 6.01. The van der Waals surface area contributed by atoms with E-state index < -0.39 is 0 Å². The summed E-state index contributed by atoms with van der Waals surface area (Å²) >= 11 is 0. The first kappa shape index (κ1) is 12.7. The Labute approximate surface area is 115 Å². The molecule has 19 heavy (non-hydrogen) atoms. The van der Waals surface area contributed by atoms with Crippen molar-refractivity contribution in [3.05, 3.63) is 11.4 Å². The van der Waals surface area contributed by atoms with Crippen molar-refractivity contribution < 1.29 is 0 Å². The van der Waals surface area contributed by atoms with E-state index in [4.69, 9.17) is 5.73 Å². The van der Waals surface area contributed by atoms with Crippen LogP contribution in [0.1, 0.15) is 56.8 Å². The summed E-state index contributed by atoms with van der Waals surface area (Å²) < 4.78 is 0. The van der Waals surface area contributed by atoms with E-state index in [0.717, 1.165) is 29.7 Å². The third-order valence-electron chi connectivity index (χ3n) is 4.87. The number of nitrogens with one attached hydrogen (secondary N) is 1. The summed E-state index contributed by atoms with van der Waals surface area (Å²) in [6.07, 6.45) is 5.06. The van der Waals surface area contributed by atoms with E-state index in [1.165, 1.54) is 25.7 Å². The predicted molar refractivity (Wildman–Crippen MR) is 78.2 cm³/mol. The van der Waals surface area contributed by atoms with Crippen LogP contribution in [0.5, 0.6) is 0 Å². The molecule has 0 radical (unpaired) electrons. The van der Waals surface area contributed by atoms with E-state index in [2.05, 4.69) is 29.1 Å². The lowest BCUT2D eigenvalue weighted by Crippen LogP contribution is -2.22. The Morgan fingerprint density at radius 2 is 2.00 bits per heavy atom. The highest BCUT2D eigenvalue weighted by molar-refractivity contribution is 5.55. The first-order valence-electron chi connectivity index (χ1n) is 7.40. The largest absolute Gasteiger partial charge is 0.383 e. The summed E-state index contributed by atoms with van der Waals surface area (Å²) in [6, 6.07) is 0. The molecular formula is C15H24N4. The zero-order chi connectivity index (χ0) is 13.6. The average Bonchev–Trinajstić information content (AvgIpc) is 3.25. The fourth-order valence-corrected chi connectivity index (χ4v) is 2.63. The van der Waals surface area contributed by atoms with E-state index in [-0.39, 0.29) is 0 Å². The minimum Gasteiger partial charge on any atom is -0.383 e. The van der Waals surface area contributed by atoms with E-state index in [1.54, 1.807) is 0 Å². The van der Waals surface area contributed by atoms with Gasteiger partial charge in [0.2, 0.25) is 0 Å². The Bertz CT molecular complexity index is 487. The molecule has 0 amide bonds. The van der Waals surface area contributed by atoms with Crippen molar-refractivity contribution in [2.45, 2.75) is 52.4 Å². The number of nitrogens with two attached hydrogens (primary N) is 1. The molecule has 4 heteroatoms. The van der Waals surface area contributed by atoms with Crippen LogP contribution >= 0.6 is 0 Å². The first-order chi connectivity index (χ1) is 9.02. The SMILES string of the molecule is Cc1c(N)nc(C2CC2)nc1NCC1(C(C)C)CC1. The molecule has 2 aliphatic rings. The lowest BCUT2D eigenvalue weighted by Gasteiger charge is -2.21. The zero-order valence-electron chi connectivity index (χ0n) is 12.2. The Kier molecular flexibility index (Phi) is 2.91. The molecule has 3 N–H and O–H groups in total. The fourth-order valence-electron chi connectivity index (χ4n) is 2.63. The molecule has 1 heterocycles. The predicted octanol–water partition coefficient (Wildman–Crippen LogP) is 3.09. The Balaban J connectivity index is 1.76. The van der Waals surface area contributed by atoms with Crippen LogP contribution < -0.4 is 11.1 Å². The molecule has 0 bridgehead atoms. The second-order valence-electron chi connectivity index (χ2n) is 6.59. The molecule has 0 spiro atoms. The molecule has 0 aliphatic heterocycles. The quantitative estimate of drug-likeness (QED) is 0.854. The molecule has 0 aromatic carbocycles. The molecule has 4 nitrogen and oxygen atoms in total. The molecule has 1 aromatic heterocycles. The smallest absolute Gasteiger partial charge is 0.136 e. The number of rotatable bonds is 5. The summed E-state index contributed by atoms with van der Waals surface area (Å²) in [7, 11) is 0. The number of aromatic nitrogens is 2. The van der Waals surface area contributed by atoms with Gasteiger partial charge in [0.15, 0.2) is 0 Å². The van der Waals surface area contributed by atoms with Crippen LogP contribution in [0.4, 0.5) is 11.6 Å². The molecule has 104 valence electrons. The van der Waals surface area contributed by atoms with E-state index in [9.17, 15) is 0 Å². The van der Waals surface area contributed by atoms with Gasteiger partial charge in [-0.05, 0) is 43.9 Å². The Hall–Kier alpha value is -1.32. The van der Waals surface area contributed by atoms with Gasteiger partial charge in [-0.25, -0.2) is 9.97 Å². The van der Waals surface area contributed by atoms with Crippen LogP contribution in [-0.4, -0.2) is 16.5 Å². The van der Waals surface area contributed by atoms with Gasteiger partial charge in [0.1, 0.15) is 17.5 Å². The monoisotopic (exact) mass is 260 g/mol. The minimum atomic E-state index is 0.478. The minimum absolute atomic E-state index is 0.478. The lowest BCUT2D eigenvalue weighted by atomic mass is 9.92. The third-order valence-corrected chi connectivity index (χ3v) is 4.87. The van der Waals surface area contributed by atoms with E-state index >= 15 is 0 Å². The van der Waals surface area contributed by atoms with Crippen molar-refractivity contribution in [3.8, 4) is 0 Å². The van der Waals surface area contributed by atoms with E-state index in [0.29, 0.717) is 17.2 Å². The van der Waals surface area contributed by atoms with Gasteiger partial charge in [0, 0.05) is 18.0 Å². The Morgan fingerprint density at radius 1 is 1.32 bits per heavy atom. The summed E-state index contributed by atoms with van der Waals surface area (Å²) in [6.45, 7) is 7.63. The van der Waals surface area contributed by atoms with Crippen molar-refractivity contribution in [1.82, 2.24) is 9.97 Å². The van der Waals surface area contributed by atoms with Gasteiger partial charge in [-0.15, -0.1) is 0 Å². The third kappa shape index (κ3) is 2.40. The van der Waals surface area contributed by atoms with Crippen LogP contribution in [0.25, 0.3) is 0 Å². The molecule has 2 fully saturated rings. The average molecular weight is 260 g/mol. The molecule has 0 unspecified atom stereocenters. The molecule has 2 saturated carbocycles. The zero-order valence-corrected chi connectivity index (χ0v) is 12.2. The summed E-state index contributed by atoms with van der Waals surface area (Å²) in [5.41, 5.74) is 7.48. The molecule has 3 rings (SSSR count). The lowest BCUT2D eigenvalue weighted by molar-refractivity contribution is 0.379. The van der Waals surface area contributed by atoms with Crippen molar-refractivity contribution in [2.24, 2.45) is 11.3 Å². The second kappa shape index (κ2) is 4.36. The molecule has 1 aromatic rings. The summed E-state index contributed by atoms with van der Waals surface area (Å²) in [5, 5.41) is 3.53. The number of nitrogens with zero attached hydrogens (tertiary/aromatic N) is 2. The maximum Gasteiger partial charge on any atom is 0.136 e.